The number of amides is 3. The number of aromatic nitrogens is 3. The van der Waals surface area contributed by atoms with Crippen molar-refractivity contribution in [3.8, 4) is 21.9 Å². The Bertz CT molecular complexity index is 1960. The third-order valence-corrected chi connectivity index (χ3v) is 9.49. The molecule has 4 aromatic heterocycles. The van der Waals surface area contributed by atoms with Crippen LogP contribution in [0.4, 0.5) is 11.4 Å². The molecule has 0 bridgehead atoms. The third-order valence-electron chi connectivity index (χ3n) is 8.34. The lowest BCUT2D eigenvalue weighted by Gasteiger charge is -2.26. The highest BCUT2D eigenvalue weighted by Gasteiger charge is 2.21. The molecule has 3 N–H and O–H groups in total. The van der Waals surface area contributed by atoms with Gasteiger partial charge in [0.1, 0.15) is 17.1 Å². The van der Waals surface area contributed by atoms with Crippen molar-refractivity contribution in [1.29, 1.82) is 0 Å². The predicted molar refractivity (Wildman–Crippen MR) is 179 cm³/mol. The summed E-state index contributed by atoms with van der Waals surface area (Å²) in [5, 5.41) is 9.78. The lowest BCUT2D eigenvalue weighted by Crippen LogP contribution is -2.41. The molecule has 1 saturated heterocycles. The van der Waals surface area contributed by atoms with E-state index in [1.807, 2.05) is 31.4 Å². The maximum Gasteiger partial charge on any atom is 0.272 e. The molecular weight excluding hydrogens is 622 g/mol. The van der Waals surface area contributed by atoms with Crippen molar-refractivity contribution in [2.45, 2.75) is 0 Å². The number of ether oxygens (including phenoxy) is 3. The average Bonchev–Trinajstić information content (AvgIpc) is 3.87. The average molecular weight is 658 g/mol. The van der Waals surface area contributed by atoms with Crippen molar-refractivity contribution >= 4 is 50.5 Å². The Morgan fingerprint density at radius 3 is 2.02 bits per heavy atom. The zero-order chi connectivity index (χ0) is 32.7. The van der Waals surface area contributed by atoms with Gasteiger partial charge in [0.2, 0.25) is 6.79 Å². The first-order valence-electron chi connectivity index (χ1n) is 15.3. The van der Waals surface area contributed by atoms with E-state index in [1.165, 1.54) is 0 Å². The molecule has 14 heteroatoms. The zero-order valence-corrected chi connectivity index (χ0v) is 27.1. The fourth-order valence-electron chi connectivity index (χ4n) is 5.85. The van der Waals surface area contributed by atoms with Crippen molar-refractivity contribution in [2.75, 3.05) is 56.8 Å². The molecule has 0 saturated carbocycles. The van der Waals surface area contributed by atoms with Gasteiger partial charge in [-0.05, 0) is 35.7 Å². The second kappa shape index (κ2) is 12.6. The van der Waals surface area contributed by atoms with Crippen LogP contribution >= 0.6 is 11.3 Å². The minimum Gasteiger partial charge on any atom is -0.454 e. The smallest absolute Gasteiger partial charge is 0.272 e. The highest BCUT2D eigenvalue weighted by Crippen LogP contribution is 2.42. The van der Waals surface area contributed by atoms with E-state index in [-0.39, 0.29) is 24.5 Å². The van der Waals surface area contributed by atoms with Crippen LogP contribution in [0.5, 0.6) is 11.5 Å². The van der Waals surface area contributed by atoms with E-state index in [0.29, 0.717) is 48.2 Å². The van der Waals surface area contributed by atoms with Crippen molar-refractivity contribution in [3.63, 3.8) is 0 Å². The molecule has 5 aromatic rings. The van der Waals surface area contributed by atoms with Gasteiger partial charge in [-0.25, -0.2) is 0 Å². The Balaban J connectivity index is 0.980. The maximum absolute atomic E-state index is 13.3. The summed E-state index contributed by atoms with van der Waals surface area (Å²) >= 11 is 1.62. The second-order valence-corrected chi connectivity index (χ2v) is 12.7. The predicted octanol–water partition coefficient (Wildman–Crippen LogP) is 3.88. The van der Waals surface area contributed by atoms with Crippen molar-refractivity contribution < 1.29 is 28.6 Å². The fraction of sp³-hybridized carbons (Fsp3) is 0.303. The second-order valence-electron chi connectivity index (χ2n) is 11.6. The van der Waals surface area contributed by atoms with Gasteiger partial charge in [0.25, 0.3) is 17.7 Å². The lowest BCUT2D eigenvalue weighted by molar-refractivity contribution is 0.0383. The molecule has 2 aliphatic heterocycles. The molecule has 2 aliphatic rings. The standard InChI is InChI=1S/C33H35N7O6S/c1-37-16-21(29-12-20-11-27-28(46-19-45-27)15-30(20)47-29)10-24(37)32(42)35-23-14-26(39(3)18-23)33(43)36-22-13-25(38(2)17-22)31(41)34-4-5-40-6-8-44-9-7-40/h10-18H,4-9,19H2,1-3H3,(H,34,41)(H,35,42)(H,36,43). The van der Waals surface area contributed by atoms with Crippen molar-refractivity contribution in [1.82, 2.24) is 23.9 Å². The summed E-state index contributed by atoms with van der Waals surface area (Å²) in [5.74, 6) is 0.587. The number of carbonyl (C=O) groups is 3. The number of thiophene rings is 1. The topological polar surface area (TPSA) is 133 Å². The molecule has 0 unspecified atom stereocenters. The molecule has 244 valence electrons. The number of hydrogen-bond acceptors (Lipinski definition) is 8. The van der Waals surface area contributed by atoms with Crippen LogP contribution in [0.15, 0.2) is 55.0 Å². The number of rotatable bonds is 9. The number of aryl methyl sites for hydroxylation is 3. The van der Waals surface area contributed by atoms with E-state index in [1.54, 1.807) is 63.7 Å². The number of nitrogens with one attached hydrogen (secondary N) is 3. The Hall–Kier alpha value is -5.05. The zero-order valence-electron chi connectivity index (χ0n) is 26.3. The van der Waals surface area contributed by atoms with Gasteiger partial charge in [0, 0.05) is 87.1 Å². The van der Waals surface area contributed by atoms with E-state index in [9.17, 15) is 14.4 Å². The van der Waals surface area contributed by atoms with Crippen LogP contribution in [0.3, 0.4) is 0 Å². The summed E-state index contributed by atoms with van der Waals surface area (Å²) in [6, 6.07) is 11.1. The number of hydrogen-bond donors (Lipinski definition) is 3. The molecule has 0 atom stereocenters. The maximum atomic E-state index is 13.3. The van der Waals surface area contributed by atoms with Gasteiger partial charge >= 0.3 is 0 Å². The molecule has 47 heavy (non-hydrogen) atoms. The molecule has 0 radical (unpaired) electrons. The number of fused-ring (bicyclic) bond motifs is 2. The molecule has 0 spiro atoms. The monoisotopic (exact) mass is 657 g/mol. The number of anilines is 2. The highest BCUT2D eigenvalue weighted by molar-refractivity contribution is 7.22. The highest BCUT2D eigenvalue weighted by atomic mass is 32.1. The molecular formula is C33H35N7O6S. The first kappa shape index (κ1) is 30.6. The lowest BCUT2D eigenvalue weighted by atomic mass is 10.2. The molecule has 7 rings (SSSR count). The van der Waals surface area contributed by atoms with Crippen LogP contribution in [-0.4, -0.2) is 82.5 Å². The SMILES string of the molecule is Cn1cc(NC(=O)c2cc(NC(=O)c3cc(-c4cc5cc6c(cc5s4)OCO6)cn3C)cn2C)cc1C(=O)NCCN1CCOCC1. The Morgan fingerprint density at radius 1 is 0.745 bits per heavy atom. The van der Waals surface area contributed by atoms with Crippen LogP contribution in [0.2, 0.25) is 0 Å². The first-order chi connectivity index (χ1) is 22.7. The van der Waals surface area contributed by atoms with Crippen molar-refractivity contribution in [3.05, 3.63) is 72.1 Å². The third kappa shape index (κ3) is 6.35. The number of benzene rings is 1. The number of nitrogens with zero attached hydrogens (tertiary/aromatic N) is 4. The van der Waals surface area contributed by atoms with E-state index in [2.05, 4.69) is 26.9 Å². The van der Waals surface area contributed by atoms with Crippen LogP contribution in [0, 0.1) is 0 Å². The largest absolute Gasteiger partial charge is 0.454 e. The number of carbonyl (C=O) groups excluding carboxylic acids is 3. The molecule has 3 amide bonds. The summed E-state index contributed by atoms with van der Waals surface area (Å²) < 4.78 is 22.6. The van der Waals surface area contributed by atoms with Gasteiger partial charge in [0.15, 0.2) is 11.5 Å². The van der Waals surface area contributed by atoms with E-state index >= 15 is 0 Å². The minimum atomic E-state index is -0.370. The van der Waals surface area contributed by atoms with Gasteiger partial charge in [-0.3, -0.25) is 19.3 Å². The summed E-state index contributed by atoms with van der Waals surface area (Å²) in [6.45, 7) is 4.63. The molecule has 13 nitrogen and oxygen atoms in total. The number of morpholine rings is 1. The molecule has 6 heterocycles. The van der Waals surface area contributed by atoms with Gasteiger partial charge in [-0.1, -0.05) is 0 Å². The van der Waals surface area contributed by atoms with Crippen LogP contribution in [0.25, 0.3) is 20.5 Å². The van der Waals surface area contributed by atoms with E-state index in [4.69, 9.17) is 14.2 Å². The van der Waals surface area contributed by atoms with Crippen LogP contribution in [0.1, 0.15) is 31.5 Å². The van der Waals surface area contributed by atoms with Crippen LogP contribution < -0.4 is 25.4 Å². The van der Waals surface area contributed by atoms with Gasteiger partial charge in [-0.15, -0.1) is 11.3 Å². The van der Waals surface area contributed by atoms with Gasteiger partial charge in [0.05, 0.1) is 24.6 Å². The first-order valence-corrected chi connectivity index (χ1v) is 16.1. The molecule has 0 aliphatic carbocycles. The summed E-state index contributed by atoms with van der Waals surface area (Å²) in [7, 11) is 5.31. The molecule has 1 aromatic carbocycles. The Kier molecular flexibility index (Phi) is 8.22. The Morgan fingerprint density at radius 2 is 1.34 bits per heavy atom. The van der Waals surface area contributed by atoms with Gasteiger partial charge in [-0.2, -0.15) is 0 Å². The van der Waals surface area contributed by atoms with Crippen molar-refractivity contribution in [2.24, 2.45) is 21.1 Å². The van der Waals surface area contributed by atoms with Gasteiger partial charge < -0.3 is 43.9 Å². The van der Waals surface area contributed by atoms with Crippen LogP contribution in [-0.2, 0) is 25.9 Å². The summed E-state index contributed by atoms with van der Waals surface area (Å²) in [4.78, 5) is 42.6. The Labute approximate surface area is 274 Å². The fourth-order valence-corrected chi connectivity index (χ4v) is 6.90. The minimum absolute atomic E-state index is 0.214. The summed E-state index contributed by atoms with van der Waals surface area (Å²) in [5.41, 5.74) is 3.15. The quantitative estimate of drug-likeness (QED) is 0.219. The van der Waals surface area contributed by atoms with E-state index < -0.39 is 0 Å². The van der Waals surface area contributed by atoms with E-state index in [0.717, 1.165) is 51.7 Å². The normalized spacial score (nSPS) is 14.4. The molecule has 1 fully saturated rings. The summed E-state index contributed by atoms with van der Waals surface area (Å²) in [6.07, 6.45) is 5.30.